The largest absolute Gasteiger partial charge is 0.482 e. The third-order valence-electron chi connectivity index (χ3n) is 2.56. The molecule has 0 heterocycles. The summed E-state index contributed by atoms with van der Waals surface area (Å²) in [4.78, 5) is 22.5. The highest BCUT2D eigenvalue weighted by Crippen LogP contribution is 2.18. The number of carboxylic acids is 1. The van der Waals surface area contributed by atoms with Crippen molar-refractivity contribution in [2.24, 2.45) is 0 Å². The molecule has 2 rings (SSSR count). The summed E-state index contributed by atoms with van der Waals surface area (Å²) >= 11 is 2.17. The number of ether oxygens (including phenoxy) is 1. The minimum atomic E-state index is -1.05. The van der Waals surface area contributed by atoms with Crippen molar-refractivity contribution >= 4 is 40.2 Å². The molecule has 0 atom stereocenters. The maximum atomic E-state index is 12.1. The summed E-state index contributed by atoms with van der Waals surface area (Å²) in [6.07, 6.45) is 0. The van der Waals surface area contributed by atoms with Crippen LogP contribution in [0.1, 0.15) is 10.4 Å². The zero-order valence-corrected chi connectivity index (χ0v) is 13.0. The molecule has 0 aliphatic heterocycles. The smallest absolute Gasteiger partial charge is 0.341 e. The summed E-state index contributed by atoms with van der Waals surface area (Å²) < 4.78 is 6.11. The number of aliphatic carboxylic acids is 1. The molecule has 0 aliphatic carbocycles. The number of carbonyl (C=O) groups excluding carboxylic acids is 1. The van der Waals surface area contributed by atoms with Gasteiger partial charge < -0.3 is 15.2 Å². The van der Waals surface area contributed by atoms with Crippen molar-refractivity contribution in [3.63, 3.8) is 0 Å². The number of carbonyl (C=O) groups is 2. The molecule has 2 N–H and O–H groups in total. The maximum Gasteiger partial charge on any atom is 0.341 e. The van der Waals surface area contributed by atoms with Crippen molar-refractivity contribution in [2.45, 2.75) is 0 Å². The van der Waals surface area contributed by atoms with Crippen LogP contribution in [0.15, 0.2) is 48.5 Å². The van der Waals surface area contributed by atoms with Crippen LogP contribution in [0, 0.1) is 3.57 Å². The van der Waals surface area contributed by atoms with Gasteiger partial charge in [0, 0.05) is 20.9 Å². The molecule has 0 spiro atoms. The minimum absolute atomic E-state index is 0.234. The van der Waals surface area contributed by atoms with Gasteiger partial charge in [0.2, 0.25) is 0 Å². The highest BCUT2D eigenvalue weighted by molar-refractivity contribution is 14.1. The zero-order chi connectivity index (χ0) is 15.2. The van der Waals surface area contributed by atoms with Gasteiger partial charge in [-0.15, -0.1) is 0 Å². The van der Waals surface area contributed by atoms with Crippen LogP contribution in [0.2, 0.25) is 0 Å². The quantitative estimate of drug-likeness (QED) is 0.761. The first-order valence-corrected chi connectivity index (χ1v) is 7.14. The number of benzene rings is 2. The van der Waals surface area contributed by atoms with Crippen LogP contribution < -0.4 is 10.1 Å². The normalized spacial score (nSPS) is 9.95. The van der Waals surface area contributed by atoms with E-state index in [-0.39, 0.29) is 5.91 Å². The van der Waals surface area contributed by atoms with E-state index in [9.17, 15) is 9.59 Å². The molecule has 21 heavy (non-hydrogen) atoms. The molecular weight excluding hydrogens is 385 g/mol. The Kier molecular flexibility index (Phi) is 5.15. The fourth-order valence-corrected chi connectivity index (χ4v) is 1.97. The van der Waals surface area contributed by atoms with Gasteiger partial charge in [-0.25, -0.2) is 4.79 Å². The molecule has 0 fully saturated rings. The molecular formula is C15H12INO4. The van der Waals surface area contributed by atoms with Gasteiger partial charge >= 0.3 is 5.97 Å². The lowest BCUT2D eigenvalue weighted by atomic mass is 10.2. The Hall–Kier alpha value is -2.09. The number of hydrogen-bond donors (Lipinski definition) is 2. The van der Waals surface area contributed by atoms with Gasteiger partial charge in [0.25, 0.3) is 5.91 Å². The Labute approximate surface area is 135 Å². The standard InChI is InChI=1S/C15H12INO4/c16-11-6-4-10(5-7-11)15(20)17-12-2-1-3-13(8-12)21-9-14(18)19/h1-8H,9H2,(H,17,20)(H,18,19). The molecule has 0 unspecified atom stereocenters. The third-order valence-corrected chi connectivity index (χ3v) is 3.28. The van der Waals surface area contributed by atoms with Crippen molar-refractivity contribution in [1.82, 2.24) is 0 Å². The van der Waals surface area contributed by atoms with E-state index in [4.69, 9.17) is 9.84 Å². The van der Waals surface area contributed by atoms with Crippen molar-refractivity contribution in [1.29, 1.82) is 0 Å². The van der Waals surface area contributed by atoms with Crippen LogP contribution >= 0.6 is 22.6 Å². The van der Waals surface area contributed by atoms with E-state index in [1.165, 1.54) is 0 Å². The van der Waals surface area contributed by atoms with Crippen LogP contribution in [0.4, 0.5) is 5.69 Å². The van der Waals surface area contributed by atoms with Crippen LogP contribution in [0.5, 0.6) is 5.75 Å². The molecule has 2 aromatic carbocycles. The molecule has 108 valence electrons. The SMILES string of the molecule is O=C(O)COc1cccc(NC(=O)c2ccc(I)cc2)c1. The summed E-state index contributed by atoms with van der Waals surface area (Å²) in [7, 11) is 0. The number of halogens is 1. The Bertz CT molecular complexity index is 655. The van der Waals surface area contributed by atoms with Crippen molar-refractivity contribution in [3.05, 3.63) is 57.7 Å². The highest BCUT2D eigenvalue weighted by Gasteiger charge is 2.07. The summed E-state index contributed by atoms with van der Waals surface area (Å²) in [5, 5.41) is 11.3. The Balaban J connectivity index is 2.05. The van der Waals surface area contributed by atoms with Crippen LogP contribution in [-0.2, 0) is 4.79 Å². The Morgan fingerprint density at radius 3 is 2.52 bits per heavy atom. The fraction of sp³-hybridized carbons (Fsp3) is 0.0667. The summed E-state index contributed by atoms with van der Waals surface area (Å²) in [5.74, 6) is -0.900. The number of carboxylic acid groups (broad SMARTS) is 1. The summed E-state index contributed by atoms with van der Waals surface area (Å²) in [6, 6.07) is 13.8. The highest BCUT2D eigenvalue weighted by atomic mass is 127. The first-order chi connectivity index (χ1) is 10.0. The first-order valence-electron chi connectivity index (χ1n) is 6.06. The maximum absolute atomic E-state index is 12.1. The predicted octanol–water partition coefficient (Wildman–Crippen LogP) is 3.01. The van der Waals surface area contributed by atoms with Crippen LogP contribution in [0.3, 0.4) is 0 Å². The molecule has 1 amide bonds. The monoisotopic (exact) mass is 397 g/mol. The van der Waals surface area contributed by atoms with E-state index in [0.29, 0.717) is 17.0 Å². The molecule has 0 bridgehead atoms. The zero-order valence-electron chi connectivity index (χ0n) is 10.9. The van der Waals surface area contributed by atoms with Crippen LogP contribution in [0.25, 0.3) is 0 Å². The number of hydrogen-bond acceptors (Lipinski definition) is 3. The number of nitrogens with one attached hydrogen (secondary N) is 1. The average molecular weight is 397 g/mol. The van der Waals surface area contributed by atoms with Gasteiger partial charge in [-0.2, -0.15) is 0 Å². The van der Waals surface area contributed by atoms with Gasteiger partial charge in [0.1, 0.15) is 5.75 Å². The topological polar surface area (TPSA) is 75.6 Å². The lowest BCUT2D eigenvalue weighted by Gasteiger charge is -2.08. The third kappa shape index (κ3) is 4.75. The summed E-state index contributed by atoms with van der Waals surface area (Å²) in [5.41, 5.74) is 1.09. The van der Waals surface area contributed by atoms with Crippen molar-refractivity contribution in [3.8, 4) is 5.75 Å². The summed E-state index contributed by atoms with van der Waals surface area (Å²) in [6.45, 7) is -0.422. The number of amides is 1. The molecule has 0 radical (unpaired) electrons. The lowest BCUT2D eigenvalue weighted by Crippen LogP contribution is -2.12. The van der Waals surface area contributed by atoms with Gasteiger partial charge in [-0.05, 0) is 59.0 Å². The number of anilines is 1. The predicted molar refractivity (Wildman–Crippen MR) is 86.7 cm³/mol. The van der Waals surface area contributed by atoms with E-state index in [1.807, 2.05) is 12.1 Å². The second-order valence-corrected chi connectivity index (χ2v) is 5.42. The number of rotatable bonds is 5. The van der Waals surface area contributed by atoms with E-state index in [2.05, 4.69) is 27.9 Å². The second-order valence-electron chi connectivity index (χ2n) is 4.17. The minimum Gasteiger partial charge on any atom is -0.482 e. The first kappa shape index (κ1) is 15.3. The molecule has 6 heteroatoms. The molecule has 5 nitrogen and oxygen atoms in total. The van der Waals surface area contributed by atoms with E-state index < -0.39 is 12.6 Å². The van der Waals surface area contributed by atoms with Gasteiger partial charge in [-0.3, -0.25) is 4.79 Å². The molecule has 0 saturated carbocycles. The molecule has 0 saturated heterocycles. The molecule has 0 aliphatic rings. The van der Waals surface area contributed by atoms with E-state index in [1.54, 1.807) is 36.4 Å². The lowest BCUT2D eigenvalue weighted by molar-refractivity contribution is -0.139. The Morgan fingerprint density at radius 1 is 1.14 bits per heavy atom. The molecule has 2 aromatic rings. The Morgan fingerprint density at radius 2 is 1.86 bits per heavy atom. The average Bonchev–Trinajstić information content (AvgIpc) is 2.46. The van der Waals surface area contributed by atoms with Crippen molar-refractivity contribution in [2.75, 3.05) is 11.9 Å². The van der Waals surface area contributed by atoms with Gasteiger partial charge in [-0.1, -0.05) is 6.07 Å². The van der Waals surface area contributed by atoms with E-state index >= 15 is 0 Å². The second kappa shape index (κ2) is 7.07. The fourth-order valence-electron chi connectivity index (χ4n) is 1.61. The van der Waals surface area contributed by atoms with Gasteiger partial charge in [0.15, 0.2) is 6.61 Å². The van der Waals surface area contributed by atoms with Gasteiger partial charge in [0.05, 0.1) is 0 Å². The van der Waals surface area contributed by atoms with Crippen molar-refractivity contribution < 1.29 is 19.4 Å². The van der Waals surface area contributed by atoms with E-state index in [0.717, 1.165) is 3.57 Å². The van der Waals surface area contributed by atoms with Crippen LogP contribution in [-0.4, -0.2) is 23.6 Å². The molecule has 0 aromatic heterocycles.